The lowest BCUT2D eigenvalue weighted by molar-refractivity contribution is 0.104. The fraction of sp³-hybridized carbons (Fsp3) is 0.207. The maximum absolute atomic E-state index is 14.5. The standard InChI is InChI=1S/C29H29FO7/c1-33-25-12-11-21(16-24(25)32)23(31)8-6-7-19-17-26(34-2)22(30)15-20(19)10-9-18-13-27(35-3)29(37-5)28(14-18)36-4/h6,8-17,32H,7H2,1-5H3/b8-6-,10-9-. The van der Waals surface area contributed by atoms with Crippen LogP contribution < -0.4 is 23.7 Å². The lowest BCUT2D eigenvalue weighted by atomic mass is 10.0. The number of phenolic OH excluding ortho intramolecular Hbond substituents is 1. The van der Waals surface area contributed by atoms with Crippen molar-refractivity contribution in [2.24, 2.45) is 0 Å². The van der Waals surface area contributed by atoms with E-state index in [-0.39, 0.29) is 23.0 Å². The average molecular weight is 509 g/mol. The van der Waals surface area contributed by atoms with Gasteiger partial charge in [0.05, 0.1) is 35.5 Å². The third-order valence-electron chi connectivity index (χ3n) is 5.63. The van der Waals surface area contributed by atoms with Crippen molar-refractivity contribution in [1.82, 2.24) is 0 Å². The smallest absolute Gasteiger partial charge is 0.203 e. The van der Waals surface area contributed by atoms with Crippen LogP contribution in [-0.2, 0) is 6.42 Å². The first-order valence-corrected chi connectivity index (χ1v) is 11.3. The van der Waals surface area contributed by atoms with E-state index in [1.807, 2.05) is 0 Å². The van der Waals surface area contributed by atoms with Gasteiger partial charge in [-0.15, -0.1) is 0 Å². The van der Waals surface area contributed by atoms with Gasteiger partial charge in [0.2, 0.25) is 5.75 Å². The number of phenols is 1. The molecule has 0 radical (unpaired) electrons. The molecule has 3 aromatic carbocycles. The normalized spacial score (nSPS) is 11.1. The number of carbonyl (C=O) groups is 1. The molecule has 0 fully saturated rings. The SMILES string of the molecule is COc1ccc(C(=O)/C=C\Cc2cc(OC)c(F)cc2/C=C\c2cc(OC)c(OC)c(OC)c2)cc1O. The molecule has 0 aliphatic carbocycles. The first-order valence-electron chi connectivity index (χ1n) is 11.3. The molecule has 0 saturated heterocycles. The molecule has 0 aromatic heterocycles. The van der Waals surface area contributed by atoms with Crippen LogP contribution in [0, 0.1) is 5.82 Å². The largest absolute Gasteiger partial charge is 0.504 e. The Labute approximate surface area is 215 Å². The third kappa shape index (κ3) is 6.41. The number of allylic oxidation sites excluding steroid dienone is 2. The fourth-order valence-electron chi connectivity index (χ4n) is 3.72. The van der Waals surface area contributed by atoms with Gasteiger partial charge >= 0.3 is 0 Å². The third-order valence-corrected chi connectivity index (χ3v) is 5.63. The Morgan fingerprint density at radius 1 is 0.811 bits per heavy atom. The number of ketones is 1. The monoisotopic (exact) mass is 508 g/mol. The van der Waals surface area contributed by atoms with Crippen LogP contribution >= 0.6 is 0 Å². The summed E-state index contributed by atoms with van der Waals surface area (Å²) in [5.74, 6) is 0.915. The van der Waals surface area contributed by atoms with Gasteiger partial charge in [-0.1, -0.05) is 18.2 Å². The van der Waals surface area contributed by atoms with Gasteiger partial charge in [0.25, 0.3) is 0 Å². The molecule has 0 bridgehead atoms. The average Bonchev–Trinajstić information content (AvgIpc) is 2.91. The van der Waals surface area contributed by atoms with Crippen molar-refractivity contribution in [3.63, 3.8) is 0 Å². The van der Waals surface area contributed by atoms with Crippen molar-refractivity contribution < 1.29 is 38.0 Å². The molecule has 194 valence electrons. The minimum Gasteiger partial charge on any atom is -0.504 e. The van der Waals surface area contributed by atoms with E-state index in [1.54, 1.807) is 42.5 Å². The van der Waals surface area contributed by atoms with E-state index >= 15 is 0 Å². The summed E-state index contributed by atoms with van der Waals surface area (Å²) in [6, 6.07) is 11.0. The number of hydrogen-bond donors (Lipinski definition) is 1. The van der Waals surface area contributed by atoms with Gasteiger partial charge in [-0.05, 0) is 71.7 Å². The van der Waals surface area contributed by atoms with Gasteiger partial charge in [0.1, 0.15) is 0 Å². The molecule has 1 N–H and O–H groups in total. The van der Waals surface area contributed by atoms with E-state index in [0.717, 1.165) is 11.1 Å². The summed E-state index contributed by atoms with van der Waals surface area (Å²) < 4.78 is 40.8. The molecule has 0 unspecified atom stereocenters. The van der Waals surface area contributed by atoms with Gasteiger partial charge in [-0.2, -0.15) is 0 Å². The van der Waals surface area contributed by atoms with E-state index in [1.165, 1.54) is 59.8 Å². The number of hydrogen-bond acceptors (Lipinski definition) is 7. The Morgan fingerprint density at radius 3 is 2.03 bits per heavy atom. The Kier molecular flexibility index (Phi) is 9.16. The van der Waals surface area contributed by atoms with E-state index in [2.05, 4.69) is 0 Å². The Balaban J connectivity index is 1.89. The first-order chi connectivity index (χ1) is 17.8. The number of rotatable bonds is 11. The molecular weight excluding hydrogens is 479 g/mol. The maximum atomic E-state index is 14.5. The quantitative estimate of drug-likeness (QED) is 0.201. The van der Waals surface area contributed by atoms with Crippen LogP contribution in [0.15, 0.2) is 54.6 Å². The highest BCUT2D eigenvalue weighted by Gasteiger charge is 2.13. The Hall–Kier alpha value is -4.46. The van der Waals surface area contributed by atoms with Crippen molar-refractivity contribution in [2.45, 2.75) is 6.42 Å². The van der Waals surface area contributed by atoms with Crippen LogP contribution in [0.25, 0.3) is 12.2 Å². The van der Waals surface area contributed by atoms with Crippen molar-refractivity contribution in [3.05, 3.63) is 82.7 Å². The van der Waals surface area contributed by atoms with Crippen LogP contribution in [0.3, 0.4) is 0 Å². The van der Waals surface area contributed by atoms with Crippen molar-refractivity contribution in [1.29, 1.82) is 0 Å². The highest BCUT2D eigenvalue weighted by Crippen LogP contribution is 2.38. The topological polar surface area (TPSA) is 83.5 Å². The van der Waals surface area contributed by atoms with Gasteiger partial charge in [0.15, 0.2) is 40.3 Å². The predicted octanol–water partition coefficient (Wildman–Crippen LogP) is 5.73. The molecule has 3 rings (SSSR count). The predicted molar refractivity (Wildman–Crippen MR) is 140 cm³/mol. The molecule has 37 heavy (non-hydrogen) atoms. The van der Waals surface area contributed by atoms with Crippen LogP contribution in [0.5, 0.6) is 34.5 Å². The lowest BCUT2D eigenvalue weighted by Gasteiger charge is -2.13. The molecular formula is C29H29FO7. The second-order valence-electron chi connectivity index (χ2n) is 7.83. The molecule has 8 heteroatoms. The number of benzene rings is 3. The van der Waals surface area contributed by atoms with Gasteiger partial charge < -0.3 is 28.8 Å². The van der Waals surface area contributed by atoms with Crippen LogP contribution in [0.4, 0.5) is 4.39 Å². The van der Waals surface area contributed by atoms with Crippen molar-refractivity contribution in [2.75, 3.05) is 35.5 Å². The van der Waals surface area contributed by atoms with Gasteiger partial charge in [0, 0.05) is 5.56 Å². The molecule has 0 aliphatic rings. The molecule has 0 atom stereocenters. The second kappa shape index (κ2) is 12.5. The van der Waals surface area contributed by atoms with Crippen LogP contribution in [-0.4, -0.2) is 46.4 Å². The Bertz CT molecular complexity index is 1300. The number of aromatic hydroxyl groups is 1. The summed E-state index contributed by atoms with van der Waals surface area (Å²) in [6.45, 7) is 0. The minimum atomic E-state index is -0.510. The maximum Gasteiger partial charge on any atom is 0.203 e. The number of ether oxygens (including phenoxy) is 5. The summed E-state index contributed by atoms with van der Waals surface area (Å²) in [6.07, 6.45) is 6.97. The molecule has 3 aromatic rings. The zero-order valence-corrected chi connectivity index (χ0v) is 21.3. The molecule has 0 spiro atoms. The minimum absolute atomic E-state index is 0.0970. The van der Waals surface area contributed by atoms with Crippen LogP contribution in [0.2, 0.25) is 0 Å². The summed E-state index contributed by atoms with van der Waals surface area (Å²) in [5.41, 5.74) is 2.41. The van der Waals surface area contributed by atoms with Crippen molar-refractivity contribution in [3.8, 4) is 34.5 Å². The summed E-state index contributed by atoms with van der Waals surface area (Å²) >= 11 is 0. The lowest BCUT2D eigenvalue weighted by Crippen LogP contribution is -1.97. The number of methoxy groups -OCH3 is 5. The van der Waals surface area contributed by atoms with Crippen molar-refractivity contribution >= 4 is 17.9 Å². The molecule has 0 aliphatic heterocycles. The van der Waals surface area contributed by atoms with Gasteiger partial charge in [-0.25, -0.2) is 4.39 Å². The highest BCUT2D eigenvalue weighted by atomic mass is 19.1. The second-order valence-corrected chi connectivity index (χ2v) is 7.83. The van der Waals surface area contributed by atoms with Gasteiger partial charge in [-0.3, -0.25) is 4.79 Å². The Morgan fingerprint density at radius 2 is 1.46 bits per heavy atom. The van der Waals surface area contributed by atoms with E-state index in [4.69, 9.17) is 23.7 Å². The summed E-state index contributed by atoms with van der Waals surface area (Å²) in [7, 11) is 7.41. The highest BCUT2D eigenvalue weighted by molar-refractivity contribution is 6.04. The summed E-state index contributed by atoms with van der Waals surface area (Å²) in [4.78, 5) is 12.6. The molecule has 0 saturated carbocycles. The molecule has 7 nitrogen and oxygen atoms in total. The van der Waals surface area contributed by atoms with Crippen LogP contribution in [0.1, 0.15) is 27.0 Å². The zero-order valence-electron chi connectivity index (χ0n) is 21.3. The number of halogens is 1. The first kappa shape index (κ1) is 27.1. The number of carbonyl (C=O) groups excluding carboxylic acids is 1. The summed E-state index contributed by atoms with van der Waals surface area (Å²) in [5, 5.41) is 9.93. The van der Waals surface area contributed by atoms with E-state index < -0.39 is 5.82 Å². The zero-order chi connectivity index (χ0) is 26.9. The van der Waals surface area contributed by atoms with E-state index in [0.29, 0.717) is 34.8 Å². The molecule has 0 amide bonds. The fourth-order valence-corrected chi connectivity index (χ4v) is 3.72. The van der Waals surface area contributed by atoms with E-state index in [9.17, 15) is 14.3 Å². The molecule has 0 heterocycles.